The Morgan fingerprint density at radius 1 is 1.10 bits per heavy atom. The van der Waals surface area contributed by atoms with Gasteiger partial charge in [-0.15, -0.1) is 0 Å². The Bertz CT molecular complexity index is 1070. The van der Waals surface area contributed by atoms with Crippen molar-refractivity contribution in [2.45, 2.75) is 33.9 Å². The summed E-state index contributed by atoms with van der Waals surface area (Å²) in [4.78, 5) is 30.3. The third-order valence-corrected chi connectivity index (χ3v) is 5.45. The molecule has 0 atom stereocenters. The quantitative estimate of drug-likeness (QED) is 0.450. The number of aromatic amines is 1. The molecule has 1 N–H and O–H groups in total. The number of aryl methyl sites for hydroxylation is 1. The van der Waals surface area contributed by atoms with Crippen molar-refractivity contribution in [3.63, 3.8) is 0 Å². The zero-order valence-electron chi connectivity index (χ0n) is 18.0. The average molecular weight is 489 g/mol. The van der Waals surface area contributed by atoms with Crippen LogP contribution in [0.5, 0.6) is 5.75 Å². The summed E-state index contributed by atoms with van der Waals surface area (Å²) < 4.78 is 16.3. The predicted octanol–water partition coefficient (Wildman–Crippen LogP) is 5.01. The van der Waals surface area contributed by atoms with Gasteiger partial charge in [-0.25, -0.2) is 4.79 Å². The van der Waals surface area contributed by atoms with Crippen molar-refractivity contribution in [2.75, 3.05) is 13.7 Å². The highest BCUT2D eigenvalue weighted by Crippen LogP contribution is 2.24. The standard InChI is InChI=1S/C23H25BrN2O5/c1-5-30-23(28)21-14(2)18(15(3)25-21)13-26(22(27)19-10-11-20(24)31-19)12-16-6-8-17(29-4)9-7-16/h6-11,25H,5,12-13H2,1-4H3. The summed E-state index contributed by atoms with van der Waals surface area (Å²) in [5, 5.41) is 0. The van der Waals surface area contributed by atoms with Gasteiger partial charge in [0.25, 0.3) is 5.91 Å². The molecule has 3 rings (SSSR count). The minimum atomic E-state index is -0.405. The first-order chi connectivity index (χ1) is 14.8. The van der Waals surface area contributed by atoms with E-state index in [0.29, 0.717) is 30.1 Å². The lowest BCUT2D eigenvalue weighted by atomic mass is 10.1. The third-order valence-electron chi connectivity index (χ3n) is 5.03. The number of methoxy groups -OCH3 is 1. The molecule has 1 aromatic carbocycles. The summed E-state index contributed by atoms with van der Waals surface area (Å²) in [5.41, 5.74) is 3.80. The average Bonchev–Trinajstić information content (AvgIpc) is 3.31. The number of hydrogen-bond acceptors (Lipinski definition) is 5. The number of rotatable bonds is 8. The van der Waals surface area contributed by atoms with Gasteiger partial charge in [0.05, 0.1) is 13.7 Å². The summed E-state index contributed by atoms with van der Waals surface area (Å²) in [6.07, 6.45) is 0. The molecular weight excluding hydrogens is 464 g/mol. The first-order valence-corrected chi connectivity index (χ1v) is 10.7. The first-order valence-electron chi connectivity index (χ1n) is 9.86. The lowest BCUT2D eigenvalue weighted by Gasteiger charge is -2.23. The molecule has 0 spiro atoms. The molecule has 2 heterocycles. The SMILES string of the molecule is CCOC(=O)c1[nH]c(C)c(CN(Cc2ccc(OC)cc2)C(=O)c2ccc(Br)o2)c1C. The number of esters is 1. The number of H-pyrrole nitrogens is 1. The van der Waals surface area contributed by atoms with Crippen LogP contribution in [0.2, 0.25) is 0 Å². The van der Waals surface area contributed by atoms with E-state index in [9.17, 15) is 9.59 Å². The zero-order valence-corrected chi connectivity index (χ0v) is 19.5. The summed E-state index contributed by atoms with van der Waals surface area (Å²) in [6, 6.07) is 10.9. The molecule has 1 amide bonds. The van der Waals surface area contributed by atoms with Crippen molar-refractivity contribution >= 4 is 27.8 Å². The molecule has 0 aliphatic rings. The zero-order chi connectivity index (χ0) is 22.5. The van der Waals surface area contributed by atoms with Crippen LogP contribution in [0.25, 0.3) is 0 Å². The Kier molecular flexibility index (Phi) is 7.22. The Morgan fingerprint density at radius 2 is 1.81 bits per heavy atom. The van der Waals surface area contributed by atoms with E-state index in [1.54, 1.807) is 31.1 Å². The molecule has 0 unspecified atom stereocenters. The van der Waals surface area contributed by atoms with Crippen LogP contribution in [0, 0.1) is 13.8 Å². The van der Waals surface area contributed by atoms with E-state index < -0.39 is 5.97 Å². The number of carbonyl (C=O) groups is 2. The van der Waals surface area contributed by atoms with Gasteiger partial charge in [0.2, 0.25) is 0 Å². The summed E-state index contributed by atoms with van der Waals surface area (Å²) >= 11 is 3.25. The first kappa shape index (κ1) is 22.7. The molecule has 2 aromatic heterocycles. The highest BCUT2D eigenvalue weighted by Gasteiger charge is 2.24. The number of hydrogen-bond donors (Lipinski definition) is 1. The monoisotopic (exact) mass is 488 g/mol. The molecule has 31 heavy (non-hydrogen) atoms. The van der Waals surface area contributed by atoms with Gasteiger partial charge in [-0.2, -0.15) is 0 Å². The molecule has 0 radical (unpaired) electrons. The van der Waals surface area contributed by atoms with Gasteiger partial charge >= 0.3 is 5.97 Å². The molecule has 0 aliphatic heterocycles. The van der Waals surface area contributed by atoms with Crippen LogP contribution in [0.1, 0.15) is 50.4 Å². The number of aromatic nitrogens is 1. The van der Waals surface area contributed by atoms with Gasteiger partial charge in [0.1, 0.15) is 11.4 Å². The second-order valence-corrected chi connectivity index (χ2v) is 7.84. The van der Waals surface area contributed by atoms with E-state index >= 15 is 0 Å². The second kappa shape index (κ2) is 9.87. The van der Waals surface area contributed by atoms with Crippen LogP contribution in [0.4, 0.5) is 0 Å². The number of amides is 1. The fourth-order valence-electron chi connectivity index (χ4n) is 3.36. The van der Waals surface area contributed by atoms with E-state index in [2.05, 4.69) is 20.9 Å². The summed E-state index contributed by atoms with van der Waals surface area (Å²) in [5.74, 6) is 0.321. The number of ether oxygens (including phenoxy) is 2. The Hall–Kier alpha value is -3.00. The van der Waals surface area contributed by atoms with Crippen LogP contribution in [0.3, 0.4) is 0 Å². The van der Waals surface area contributed by atoms with E-state index in [1.807, 2.05) is 38.1 Å². The fourth-order valence-corrected chi connectivity index (χ4v) is 3.67. The third kappa shape index (κ3) is 5.19. The molecule has 8 heteroatoms. The lowest BCUT2D eigenvalue weighted by Crippen LogP contribution is -2.30. The maximum absolute atomic E-state index is 13.2. The molecule has 0 aliphatic carbocycles. The van der Waals surface area contributed by atoms with Crippen LogP contribution < -0.4 is 4.74 Å². The number of carbonyl (C=O) groups excluding carboxylic acids is 2. The molecule has 0 fully saturated rings. The van der Waals surface area contributed by atoms with Crippen LogP contribution in [-0.2, 0) is 17.8 Å². The van der Waals surface area contributed by atoms with Gasteiger partial charge < -0.3 is 23.8 Å². The van der Waals surface area contributed by atoms with Crippen molar-refractivity contribution in [1.82, 2.24) is 9.88 Å². The largest absolute Gasteiger partial charge is 0.497 e. The maximum atomic E-state index is 13.2. The summed E-state index contributed by atoms with van der Waals surface area (Å²) in [7, 11) is 1.61. The van der Waals surface area contributed by atoms with Crippen LogP contribution in [0.15, 0.2) is 45.5 Å². The number of furan rings is 1. The molecule has 0 bridgehead atoms. The Labute approximate surface area is 189 Å². The number of nitrogens with zero attached hydrogens (tertiary/aromatic N) is 1. The molecule has 3 aromatic rings. The molecule has 7 nitrogen and oxygen atoms in total. The van der Waals surface area contributed by atoms with Crippen molar-refractivity contribution < 1.29 is 23.5 Å². The summed E-state index contributed by atoms with van der Waals surface area (Å²) in [6.45, 7) is 6.45. The normalized spacial score (nSPS) is 10.7. The minimum Gasteiger partial charge on any atom is -0.497 e. The Morgan fingerprint density at radius 3 is 2.39 bits per heavy atom. The fraction of sp³-hybridized carbons (Fsp3) is 0.304. The van der Waals surface area contributed by atoms with E-state index in [4.69, 9.17) is 13.9 Å². The molecule has 164 valence electrons. The van der Waals surface area contributed by atoms with E-state index in [1.165, 1.54) is 0 Å². The minimum absolute atomic E-state index is 0.233. The van der Waals surface area contributed by atoms with Crippen molar-refractivity contribution in [1.29, 1.82) is 0 Å². The van der Waals surface area contributed by atoms with Gasteiger partial charge in [-0.1, -0.05) is 12.1 Å². The molecular formula is C23H25BrN2O5. The van der Waals surface area contributed by atoms with Crippen LogP contribution >= 0.6 is 15.9 Å². The van der Waals surface area contributed by atoms with Gasteiger partial charge in [0, 0.05) is 18.8 Å². The smallest absolute Gasteiger partial charge is 0.355 e. The van der Waals surface area contributed by atoms with Gasteiger partial charge in [-0.3, -0.25) is 4.79 Å². The van der Waals surface area contributed by atoms with Crippen molar-refractivity contribution in [3.8, 4) is 5.75 Å². The highest BCUT2D eigenvalue weighted by molar-refractivity contribution is 9.10. The van der Waals surface area contributed by atoms with Crippen molar-refractivity contribution in [2.24, 2.45) is 0 Å². The lowest BCUT2D eigenvalue weighted by molar-refractivity contribution is 0.0519. The highest BCUT2D eigenvalue weighted by atomic mass is 79.9. The number of halogens is 1. The van der Waals surface area contributed by atoms with Crippen LogP contribution in [-0.4, -0.2) is 35.5 Å². The van der Waals surface area contributed by atoms with Crippen molar-refractivity contribution in [3.05, 3.63) is 74.9 Å². The molecule has 0 saturated carbocycles. The van der Waals surface area contributed by atoms with E-state index in [-0.39, 0.29) is 11.7 Å². The number of nitrogens with one attached hydrogen (secondary N) is 1. The number of benzene rings is 1. The maximum Gasteiger partial charge on any atom is 0.355 e. The molecule has 0 saturated heterocycles. The van der Waals surface area contributed by atoms with Gasteiger partial charge in [0.15, 0.2) is 10.4 Å². The van der Waals surface area contributed by atoms with E-state index in [0.717, 1.165) is 28.1 Å². The predicted molar refractivity (Wildman–Crippen MR) is 119 cm³/mol. The van der Waals surface area contributed by atoms with Gasteiger partial charge in [-0.05, 0) is 77.7 Å². The Balaban J connectivity index is 1.92. The second-order valence-electron chi connectivity index (χ2n) is 7.06. The topological polar surface area (TPSA) is 84.8 Å².